The molecule has 0 aromatic rings. The Morgan fingerprint density at radius 1 is 1.07 bits per heavy atom. The third-order valence-electron chi connectivity index (χ3n) is 5.41. The van der Waals surface area contributed by atoms with Crippen molar-refractivity contribution in [3.05, 3.63) is 0 Å². The number of aliphatic carboxylic acids is 1. The molecule has 11 heteroatoms. The summed E-state index contributed by atoms with van der Waals surface area (Å²) in [7, 11) is 0. The Hall–Kier alpha value is -2.69. The highest BCUT2D eigenvalue weighted by Crippen LogP contribution is 2.25. The highest BCUT2D eigenvalue weighted by Gasteiger charge is 2.43. The summed E-state index contributed by atoms with van der Waals surface area (Å²) in [6.45, 7) is 2.21. The van der Waals surface area contributed by atoms with Gasteiger partial charge in [-0.05, 0) is 39.0 Å². The molecular weight excluding hydrogens is 382 g/mol. The van der Waals surface area contributed by atoms with Crippen molar-refractivity contribution in [2.45, 2.75) is 69.6 Å². The maximum absolute atomic E-state index is 12.9. The second-order valence-electron chi connectivity index (χ2n) is 7.56. The largest absolute Gasteiger partial charge is 0.480 e. The van der Waals surface area contributed by atoms with Crippen molar-refractivity contribution in [1.82, 2.24) is 15.1 Å². The molecule has 2 rings (SSSR count). The lowest BCUT2D eigenvalue weighted by molar-refractivity contribution is -0.152. The van der Waals surface area contributed by atoms with Crippen LogP contribution in [0.1, 0.15) is 45.4 Å². The Bertz CT molecular complexity index is 684. The summed E-state index contributed by atoms with van der Waals surface area (Å²) < 4.78 is 0. The SMILES string of the molecule is CC(NC(=O)C(N)CCC(N)=O)C(=O)N1CCCC1C(=O)N1CCCC1C(=O)O. The molecule has 4 unspecified atom stereocenters. The second-order valence-corrected chi connectivity index (χ2v) is 7.56. The summed E-state index contributed by atoms with van der Waals surface area (Å²) in [5.74, 6) is -2.99. The molecule has 4 atom stereocenters. The van der Waals surface area contributed by atoms with Crippen molar-refractivity contribution in [3.63, 3.8) is 0 Å². The number of nitrogens with two attached hydrogens (primary N) is 2. The van der Waals surface area contributed by atoms with Crippen LogP contribution in [0.2, 0.25) is 0 Å². The quantitative estimate of drug-likeness (QED) is 0.362. The van der Waals surface area contributed by atoms with E-state index in [9.17, 15) is 29.1 Å². The van der Waals surface area contributed by atoms with Gasteiger partial charge in [-0.25, -0.2) is 4.79 Å². The molecule has 162 valence electrons. The number of likely N-dealkylation sites (tertiary alicyclic amines) is 2. The first-order valence-corrected chi connectivity index (χ1v) is 9.81. The van der Waals surface area contributed by atoms with E-state index < -0.39 is 47.9 Å². The Kier molecular flexibility index (Phi) is 7.54. The second kappa shape index (κ2) is 9.68. The lowest BCUT2D eigenvalue weighted by Crippen LogP contribution is -2.56. The fourth-order valence-electron chi connectivity index (χ4n) is 3.83. The summed E-state index contributed by atoms with van der Waals surface area (Å²) in [6, 6.07) is -3.48. The van der Waals surface area contributed by atoms with E-state index in [1.54, 1.807) is 0 Å². The van der Waals surface area contributed by atoms with Crippen LogP contribution in [0.15, 0.2) is 0 Å². The predicted molar refractivity (Wildman–Crippen MR) is 101 cm³/mol. The van der Waals surface area contributed by atoms with Gasteiger partial charge < -0.3 is 31.7 Å². The summed E-state index contributed by atoms with van der Waals surface area (Å²) in [5.41, 5.74) is 10.7. The third-order valence-corrected chi connectivity index (χ3v) is 5.41. The van der Waals surface area contributed by atoms with Gasteiger partial charge in [-0.1, -0.05) is 0 Å². The molecule has 2 fully saturated rings. The first kappa shape index (κ1) is 22.6. The maximum Gasteiger partial charge on any atom is 0.326 e. The van der Waals surface area contributed by atoms with Crippen molar-refractivity contribution < 1.29 is 29.1 Å². The van der Waals surface area contributed by atoms with E-state index >= 15 is 0 Å². The number of rotatable bonds is 8. The molecule has 2 heterocycles. The van der Waals surface area contributed by atoms with E-state index in [0.717, 1.165) is 0 Å². The van der Waals surface area contributed by atoms with Gasteiger partial charge in [-0.15, -0.1) is 0 Å². The molecule has 4 amide bonds. The van der Waals surface area contributed by atoms with Gasteiger partial charge in [0.05, 0.1) is 6.04 Å². The van der Waals surface area contributed by atoms with Crippen LogP contribution in [0.25, 0.3) is 0 Å². The summed E-state index contributed by atoms with van der Waals surface area (Å²) in [4.78, 5) is 62.8. The monoisotopic (exact) mass is 411 g/mol. The van der Waals surface area contributed by atoms with E-state index in [1.807, 2.05) is 0 Å². The minimum Gasteiger partial charge on any atom is -0.480 e. The fourth-order valence-corrected chi connectivity index (χ4v) is 3.83. The molecule has 0 bridgehead atoms. The van der Waals surface area contributed by atoms with Gasteiger partial charge in [-0.2, -0.15) is 0 Å². The van der Waals surface area contributed by atoms with Gasteiger partial charge in [0.25, 0.3) is 0 Å². The zero-order chi connectivity index (χ0) is 21.7. The lowest BCUT2D eigenvalue weighted by Gasteiger charge is -2.31. The van der Waals surface area contributed by atoms with Gasteiger partial charge in [-0.3, -0.25) is 19.2 Å². The Labute approximate surface area is 168 Å². The number of carbonyl (C=O) groups excluding carboxylic acids is 4. The molecule has 2 aliphatic rings. The molecule has 0 aromatic heterocycles. The van der Waals surface area contributed by atoms with Gasteiger partial charge in [0.1, 0.15) is 18.1 Å². The van der Waals surface area contributed by atoms with Crippen LogP contribution in [-0.2, 0) is 24.0 Å². The van der Waals surface area contributed by atoms with Gasteiger partial charge in [0.2, 0.25) is 23.6 Å². The summed E-state index contributed by atoms with van der Waals surface area (Å²) in [5, 5.41) is 11.8. The number of nitrogens with zero attached hydrogens (tertiary/aromatic N) is 2. The molecule has 0 aromatic carbocycles. The number of carboxylic acid groups (broad SMARTS) is 1. The van der Waals surface area contributed by atoms with Crippen LogP contribution in [0.3, 0.4) is 0 Å². The Morgan fingerprint density at radius 2 is 1.66 bits per heavy atom. The maximum atomic E-state index is 12.9. The number of primary amides is 1. The van der Waals surface area contributed by atoms with Gasteiger partial charge in [0, 0.05) is 19.5 Å². The minimum atomic E-state index is -1.04. The number of hydrogen-bond acceptors (Lipinski definition) is 6. The zero-order valence-corrected chi connectivity index (χ0v) is 16.5. The molecule has 6 N–H and O–H groups in total. The Morgan fingerprint density at radius 3 is 2.24 bits per heavy atom. The molecule has 29 heavy (non-hydrogen) atoms. The van der Waals surface area contributed by atoms with Crippen LogP contribution < -0.4 is 16.8 Å². The van der Waals surface area contributed by atoms with Crippen molar-refractivity contribution in [3.8, 4) is 0 Å². The normalized spacial score (nSPS) is 23.5. The molecule has 0 spiro atoms. The smallest absolute Gasteiger partial charge is 0.326 e. The van der Waals surface area contributed by atoms with E-state index in [0.29, 0.717) is 38.8 Å². The predicted octanol–water partition coefficient (Wildman–Crippen LogP) is -1.85. The highest BCUT2D eigenvalue weighted by atomic mass is 16.4. The number of nitrogens with one attached hydrogen (secondary N) is 1. The number of carbonyl (C=O) groups is 5. The first-order valence-electron chi connectivity index (χ1n) is 9.81. The van der Waals surface area contributed by atoms with Crippen LogP contribution in [0.5, 0.6) is 0 Å². The summed E-state index contributed by atoms with van der Waals surface area (Å²) >= 11 is 0. The van der Waals surface area contributed by atoms with Crippen molar-refractivity contribution in [1.29, 1.82) is 0 Å². The molecule has 0 saturated carbocycles. The molecule has 2 aliphatic heterocycles. The minimum absolute atomic E-state index is 0.0415. The molecule has 0 aliphatic carbocycles. The number of hydrogen-bond donors (Lipinski definition) is 4. The topological polar surface area (TPSA) is 176 Å². The van der Waals surface area contributed by atoms with E-state index in [-0.39, 0.29) is 18.7 Å². The molecule has 11 nitrogen and oxygen atoms in total. The molecule has 2 saturated heterocycles. The van der Waals surface area contributed by atoms with Crippen molar-refractivity contribution in [2.24, 2.45) is 11.5 Å². The van der Waals surface area contributed by atoms with Crippen LogP contribution in [0.4, 0.5) is 0 Å². The van der Waals surface area contributed by atoms with E-state index in [2.05, 4.69) is 5.32 Å². The summed E-state index contributed by atoms with van der Waals surface area (Å²) in [6.07, 6.45) is 2.10. The van der Waals surface area contributed by atoms with Crippen LogP contribution in [0, 0.1) is 0 Å². The third kappa shape index (κ3) is 5.43. The molecule has 0 radical (unpaired) electrons. The number of carboxylic acids is 1. The zero-order valence-electron chi connectivity index (χ0n) is 16.5. The highest BCUT2D eigenvalue weighted by molar-refractivity contribution is 5.94. The van der Waals surface area contributed by atoms with E-state index in [1.165, 1.54) is 16.7 Å². The van der Waals surface area contributed by atoms with Crippen LogP contribution in [-0.4, -0.2) is 81.8 Å². The average molecular weight is 411 g/mol. The first-order chi connectivity index (χ1) is 13.6. The lowest BCUT2D eigenvalue weighted by atomic mass is 10.1. The fraction of sp³-hybridized carbons (Fsp3) is 0.722. The van der Waals surface area contributed by atoms with Gasteiger partial charge >= 0.3 is 5.97 Å². The number of amides is 4. The van der Waals surface area contributed by atoms with Crippen molar-refractivity contribution in [2.75, 3.05) is 13.1 Å². The average Bonchev–Trinajstić information content (AvgIpc) is 3.33. The molecular formula is C18H29N5O6. The van der Waals surface area contributed by atoms with E-state index in [4.69, 9.17) is 11.5 Å². The Balaban J connectivity index is 1.98. The van der Waals surface area contributed by atoms with Gasteiger partial charge in [0.15, 0.2) is 0 Å². The standard InChI is InChI=1S/C18H29N5O6/c1-10(21-15(25)11(19)6-7-14(20)24)16(26)22-8-2-4-12(22)17(27)23-9-3-5-13(23)18(28)29/h10-13H,2-9,19H2,1H3,(H2,20,24)(H,21,25)(H,28,29). The van der Waals surface area contributed by atoms with Crippen molar-refractivity contribution >= 4 is 29.6 Å². The van der Waals surface area contributed by atoms with Crippen LogP contribution >= 0.6 is 0 Å².